The van der Waals surface area contributed by atoms with Gasteiger partial charge in [-0.05, 0) is 50.6 Å². The molecule has 0 radical (unpaired) electrons. The summed E-state index contributed by atoms with van der Waals surface area (Å²) >= 11 is 2.64. The van der Waals surface area contributed by atoms with Crippen LogP contribution in [-0.4, -0.2) is 40.9 Å². The molecule has 0 atom stereocenters. The van der Waals surface area contributed by atoms with Crippen molar-refractivity contribution in [1.29, 1.82) is 5.26 Å². The lowest BCUT2D eigenvalue weighted by molar-refractivity contribution is -0.142. The molecular formula is C23H24N4O4S2. The van der Waals surface area contributed by atoms with Gasteiger partial charge in [0.05, 0.1) is 37.1 Å². The SMILES string of the molecule is CCOC(=O)Cc1csc(SCC(=O)Nc2c(C#N)c(C)c(C)n2-c2ccc(OC)cc2)n1. The van der Waals surface area contributed by atoms with Gasteiger partial charge in [-0.3, -0.25) is 14.2 Å². The van der Waals surface area contributed by atoms with Crippen LogP contribution in [0.4, 0.5) is 5.82 Å². The number of nitrogens with one attached hydrogen (secondary N) is 1. The highest BCUT2D eigenvalue weighted by Gasteiger charge is 2.21. The Labute approximate surface area is 200 Å². The zero-order chi connectivity index (χ0) is 24.0. The maximum Gasteiger partial charge on any atom is 0.311 e. The minimum absolute atomic E-state index is 0.108. The predicted molar refractivity (Wildman–Crippen MR) is 128 cm³/mol. The van der Waals surface area contributed by atoms with Crippen molar-refractivity contribution in [2.45, 2.75) is 31.5 Å². The first-order valence-corrected chi connectivity index (χ1v) is 12.0. The van der Waals surface area contributed by atoms with E-state index in [1.807, 2.05) is 42.7 Å². The van der Waals surface area contributed by atoms with Crippen LogP contribution < -0.4 is 10.1 Å². The fraction of sp³-hybridized carbons (Fsp3) is 0.304. The van der Waals surface area contributed by atoms with E-state index in [0.717, 1.165) is 16.9 Å². The van der Waals surface area contributed by atoms with Crippen molar-refractivity contribution in [2.75, 3.05) is 24.8 Å². The van der Waals surface area contributed by atoms with Gasteiger partial charge in [-0.15, -0.1) is 11.3 Å². The average molecular weight is 485 g/mol. The highest BCUT2D eigenvalue weighted by Crippen LogP contribution is 2.31. The Morgan fingerprint density at radius 1 is 1.27 bits per heavy atom. The molecule has 0 aliphatic carbocycles. The number of nitriles is 1. The standard InChI is InChI=1S/C23H24N4O4S2/c1-5-31-21(29)10-16-12-32-23(25-16)33-13-20(28)26-22-19(11-24)14(2)15(3)27(22)17-6-8-18(30-4)9-7-17/h6-9,12H,5,10,13H2,1-4H3,(H,26,28). The zero-order valence-corrected chi connectivity index (χ0v) is 20.4. The number of hydrogen-bond acceptors (Lipinski definition) is 8. The Kier molecular flexibility index (Phi) is 8.14. The van der Waals surface area contributed by atoms with Gasteiger partial charge >= 0.3 is 5.97 Å². The Balaban J connectivity index is 1.74. The van der Waals surface area contributed by atoms with Crippen LogP contribution in [-0.2, 0) is 20.7 Å². The van der Waals surface area contributed by atoms with Gasteiger partial charge in [0.2, 0.25) is 5.91 Å². The van der Waals surface area contributed by atoms with Gasteiger partial charge in [-0.25, -0.2) is 4.98 Å². The number of rotatable bonds is 9. The van der Waals surface area contributed by atoms with Crippen LogP contribution in [0.5, 0.6) is 5.75 Å². The second kappa shape index (κ2) is 11.0. The summed E-state index contributed by atoms with van der Waals surface area (Å²) in [5.41, 5.74) is 3.52. The van der Waals surface area contributed by atoms with Gasteiger partial charge in [-0.1, -0.05) is 11.8 Å². The first-order valence-electron chi connectivity index (χ1n) is 10.2. The molecule has 0 fully saturated rings. The highest BCUT2D eigenvalue weighted by atomic mass is 32.2. The summed E-state index contributed by atoms with van der Waals surface area (Å²) in [4.78, 5) is 28.7. The van der Waals surface area contributed by atoms with E-state index < -0.39 is 0 Å². The third-order valence-electron chi connectivity index (χ3n) is 4.90. The minimum Gasteiger partial charge on any atom is -0.497 e. The van der Waals surface area contributed by atoms with Gasteiger partial charge in [0, 0.05) is 16.8 Å². The lowest BCUT2D eigenvalue weighted by atomic mass is 10.2. The van der Waals surface area contributed by atoms with Crippen molar-refractivity contribution in [3.05, 3.63) is 52.2 Å². The molecule has 0 aliphatic rings. The molecule has 0 bridgehead atoms. The van der Waals surface area contributed by atoms with Crippen LogP contribution in [0.1, 0.15) is 29.4 Å². The lowest BCUT2D eigenvalue weighted by Gasteiger charge is -2.13. The third kappa shape index (κ3) is 5.74. The van der Waals surface area contributed by atoms with Crippen molar-refractivity contribution >= 4 is 40.8 Å². The van der Waals surface area contributed by atoms with Crippen LogP contribution in [0.2, 0.25) is 0 Å². The highest BCUT2D eigenvalue weighted by molar-refractivity contribution is 8.01. The molecule has 3 rings (SSSR count). The monoisotopic (exact) mass is 484 g/mol. The molecule has 2 heterocycles. The van der Waals surface area contributed by atoms with Crippen LogP contribution >= 0.6 is 23.1 Å². The van der Waals surface area contributed by atoms with Gasteiger partial charge in [0.15, 0.2) is 4.34 Å². The molecule has 1 N–H and O–H groups in total. The van der Waals surface area contributed by atoms with E-state index in [1.165, 1.54) is 23.1 Å². The van der Waals surface area contributed by atoms with Crippen molar-refractivity contribution in [3.63, 3.8) is 0 Å². The number of methoxy groups -OCH3 is 1. The number of anilines is 1. The number of carbonyl (C=O) groups excluding carboxylic acids is 2. The van der Waals surface area contributed by atoms with Gasteiger partial charge < -0.3 is 14.8 Å². The van der Waals surface area contributed by atoms with E-state index in [1.54, 1.807) is 19.4 Å². The summed E-state index contributed by atoms with van der Waals surface area (Å²) in [7, 11) is 1.60. The van der Waals surface area contributed by atoms with Gasteiger partial charge in [-0.2, -0.15) is 5.26 Å². The molecule has 1 amide bonds. The summed E-state index contributed by atoms with van der Waals surface area (Å²) < 4.78 is 12.7. The number of ether oxygens (including phenoxy) is 2. The largest absolute Gasteiger partial charge is 0.497 e. The topological polar surface area (TPSA) is 106 Å². The number of nitrogens with zero attached hydrogens (tertiary/aromatic N) is 3. The molecular weight excluding hydrogens is 460 g/mol. The fourth-order valence-corrected chi connectivity index (χ4v) is 4.85. The zero-order valence-electron chi connectivity index (χ0n) is 18.8. The Morgan fingerprint density at radius 3 is 2.64 bits per heavy atom. The van der Waals surface area contributed by atoms with E-state index in [4.69, 9.17) is 9.47 Å². The molecule has 0 saturated heterocycles. The van der Waals surface area contributed by atoms with Crippen molar-refractivity contribution in [3.8, 4) is 17.5 Å². The van der Waals surface area contributed by atoms with Gasteiger partial charge in [0.1, 0.15) is 17.6 Å². The molecule has 0 spiro atoms. The molecule has 0 saturated carbocycles. The number of amides is 1. The first-order chi connectivity index (χ1) is 15.9. The van der Waals surface area contributed by atoms with E-state index in [-0.39, 0.29) is 24.1 Å². The summed E-state index contributed by atoms with van der Waals surface area (Å²) in [6.45, 7) is 5.85. The second-order valence-corrected chi connectivity index (χ2v) is 9.08. The van der Waals surface area contributed by atoms with Crippen LogP contribution in [0.25, 0.3) is 5.69 Å². The van der Waals surface area contributed by atoms with Crippen molar-refractivity contribution in [1.82, 2.24) is 9.55 Å². The third-order valence-corrected chi connectivity index (χ3v) is 6.97. The Hall–Kier alpha value is -3.29. The smallest absolute Gasteiger partial charge is 0.311 e. The molecule has 33 heavy (non-hydrogen) atoms. The second-order valence-electron chi connectivity index (χ2n) is 7.00. The van der Waals surface area contributed by atoms with Crippen LogP contribution in [0.15, 0.2) is 34.0 Å². The summed E-state index contributed by atoms with van der Waals surface area (Å²) in [5, 5.41) is 14.4. The lowest BCUT2D eigenvalue weighted by Crippen LogP contribution is -2.17. The molecule has 3 aromatic rings. The number of carbonyl (C=O) groups is 2. The number of hydrogen-bond donors (Lipinski definition) is 1. The van der Waals surface area contributed by atoms with Crippen LogP contribution in [0.3, 0.4) is 0 Å². The number of thiazole rings is 1. The fourth-order valence-electron chi connectivity index (χ4n) is 3.21. The summed E-state index contributed by atoms with van der Waals surface area (Å²) in [5.74, 6) is 0.680. The number of benzene rings is 1. The number of esters is 1. The van der Waals surface area contributed by atoms with E-state index in [9.17, 15) is 14.9 Å². The van der Waals surface area contributed by atoms with Crippen molar-refractivity contribution < 1.29 is 19.1 Å². The molecule has 2 aromatic heterocycles. The summed E-state index contributed by atoms with van der Waals surface area (Å²) in [6.07, 6.45) is 0.108. The molecule has 1 aromatic carbocycles. The van der Waals surface area contributed by atoms with E-state index in [0.29, 0.717) is 33.8 Å². The normalized spacial score (nSPS) is 10.5. The Morgan fingerprint density at radius 2 is 2.00 bits per heavy atom. The van der Waals surface area contributed by atoms with E-state index >= 15 is 0 Å². The van der Waals surface area contributed by atoms with Crippen molar-refractivity contribution in [2.24, 2.45) is 0 Å². The average Bonchev–Trinajstić information content (AvgIpc) is 3.34. The summed E-state index contributed by atoms with van der Waals surface area (Å²) in [6, 6.07) is 9.61. The molecule has 0 aliphatic heterocycles. The molecule has 10 heteroatoms. The molecule has 172 valence electrons. The quantitative estimate of drug-likeness (QED) is 0.357. The number of thioether (sulfide) groups is 1. The Bertz CT molecular complexity index is 1190. The maximum atomic E-state index is 12.8. The van der Waals surface area contributed by atoms with Gasteiger partial charge in [0.25, 0.3) is 0 Å². The molecule has 8 nitrogen and oxygen atoms in total. The molecule has 0 unspecified atom stereocenters. The predicted octanol–water partition coefficient (Wildman–Crippen LogP) is 4.27. The van der Waals surface area contributed by atoms with E-state index in [2.05, 4.69) is 16.4 Å². The van der Waals surface area contributed by atoms with Crippen LogP contribution in [0, 0.1) is 25.2 Å². The minimum atomic E-state index is -0.328. The number of aromatic nitrogens is 2. The maximum absolute atomic E-state index is 12.8. The first kappa shape index (κ1) is 24.4.